The summed E-state index contributed by atoms with van der Waals surface area (Å²) in [5.74, 6) is 1.63. The van der Waals surface area contributed by atoms with E-state index in [0.29, 0.717) is 12.0 Å². The molecule has 0 spiro atoms. The third-order valence-electron chi connectivity index (χ3n) is 6.49. The summed E-state index contributed by atoms with van der Waals surface area (Å²) in [5.41, 5.74) is 4.33. The van der Waals surface area contributed by atoms with Crippen LogP contribution in [-0.2, 0) is 17.6 Å². The molecule has 1 atom stereocenters. The van der Waals surface area contributed by atoms with Gasteiger partial charge in [-0.15, -0.1) is 11.8 Å². The highest BCUT2D eigenvalue weighted by molar-refractivity contribution is 8.01. The van der Waals surface area contributed by atoms with Crippen LogP contribution in [0.25, 0.3) is 0 Å². The first-order chi connectivity index (χ1) is 15.2. The molecule has 1 saturated heterocycles. The molecule has 0 radical (unpaired) electrons. The summed E-state index contributed by atoms with van der Waals surface area (Å²) in [7, 11) is 0. The Morgan fingerprint density at radius 3 is 2.65 bits per heavy atom. The van der Waals surface area contributed by atoms with Gasteiger partial charge in [0.2, 0.25) is 0 Å². The summed E-state index contributed by atoms with van der Waals surface area (Å²) in [6.45, 7) is 7.08. The summed E-state index contributed by atoms with van der Waals surface area (Å²) in [5, 5.41) is 0. The van der Waals surface area contributed by atoms with Gasteiger partial charge in [-0.2, -0.15) is 0 Å². The van der Waals surface area contributed by atoms with Crippen LogP contribution in [0.3, 0.4) is 0 Å². The molecule has 1 unspecified atom stereocenters. The van der Waals surface area contributed by atoms with Crippen LogP contribution < -0.4 is 9.04 Å². The molecule has 0 saturated carbocycles. The van der Waals surface area contributed by atoms with Crippen LogP contribution in [0.2, 0.25) is 0 Å². The van der Waals surface area contributed by atoms with Crippen molar-refractivity contribution in [2.24, 2.45) is 5.92 Å². The Balaban J connectivity index is 1.50. The van der Waals surface area contributed by atoms with Crippen LogP contribution in [0.5, 0.6) is 5.75 Å². The van der Waals surface area contributed by atoms with Gasteiger partial charge in [0.1, 0.15) is 5.75 Å². The predicted molar refractivity (Wildman–Crippen MR) is 134 cm³/mol. The fourth-order valence-electron chi connectivity index (χ4n) is 4.46. The van der Waals surface area contributed by atoms with Crippen molar-refractivity contribution in [1.82, 2.24) is 0 Å². The van der Waals surface area contributed by atoms with Crippen LogP contribution in [0.1, 0.15) is 50.7 Å². The predicted octanol–water partition coefficient (Wildman–Crippen LogP) is 7.01. The first kappa shape index (κ1) is 22.9. The van der Waals surface area contributed by atoms with Crippen LogP contribution >= 0.6 is 23.7 Å². The highest BCUT2D eigenvalue weighted by atomic mass is 32.2. The topological polar surface area (TPSA) is 21.7 Å². The van der Waals surface area contributed by atoms with Crippen molar-refractivity contribution >= 4 is 29.4 Å². The number of rotatable bonds is 8. The zero-order chi connectivity index (χ0) is 21.6. The number of anilines is 1. The molecule has 0 amide bonds. The highest BCUT2D eigenvalue weighted by Gasteiger charge is 2.26. The summed E-state index contributed by atoms with van der Waals surface area (Å²) >= 11 is 3.66. The van der Waals surface area contributed by atoms with Gasteiger partial charge in [-0.05, 0) is 98.0 Å². The van der Waals surface area contributed by atoms with Crippen molar-refractivity contribution in [3.05, 3.63) is 47.5 Å². The lowest BCUT2D eigenvalue weighted by Crippen LogP contribution is -2.33. The summed E-state index contributed by atoms with van der Waals surface area (Å²) in [6.07, 6.45) is 9.04. The number of hydrogen-bond acceptors (Lipinski definition) is 5. The van der Waals surface area contributed by atoms with Gasteiger partial charge in [-0.3, -0.25) is 0 Å². The standard InChI is InChI=1S/C26H35NO2S2/c1-4-19-6-10-24-21(16-19)7-8-22(5-2)27(24)31-23-9-11-25(26(17-23)30-3)29-18-20-12-14-28-15-13-20/h6,9-11,16-17,20,22H,4-5,7-8,12-15,18H2,1-3H3. The van der Waals surface area contributed by atoms with Crippen molar-refractivity contribution in [2.75, 3.05) is 30.4 Å². The Labute approximate surface area is 196 Å². The van der Waals surface area contributed by atoms with E-state index in [1.54, 1.807) is 11.8 Å². The van der Waals surface area contributed by atoms with Gasteiger partial charge in [0.05, 0.1) is 17.2 Å². The number of nitrogens with zero attached hydrogens (tertiary/aromatic N) is 1. The Bertz CT molecular complexity index is 866. The van der Waals surface area contributed by atoms with E-state index in [1.807, 2.05) is 11.9 Å². The highest BCUT2D eigenvalue weighted by Crippen LogP contribution is 2.42. The van der Waals surface area contributed by atoms with E-state index >= 15 is 0 Å². The molecule has 3 nitrogen and oxygen atoms in total. The number of ether oxygens (including phenoxy) is 2. The van der Waals surface area contributed by atoms with Crippen molar-refractivity contribution in [3.63, 3.8) is 0 Å². The van der Waals surface area contributed by atoms with Gasteiger partial charge in [0.15, 0.2) is 0 Å². The Hall–Kier alpha value is -1.30. The smallest absolute Gasteiger partial charge is 0.132 e. The molecule has 2 aliphatic rings. The van der Waals surface area contributed by atoms with E-state index in [1.165, 1.54) is 45.9 Å². The first-order valence-electron chi connectivity index (χ1n) is 11.7. The Morgan fingerprint density at radius 1 is 1.06 bits per heavy atom. The van der Waals surface area contributed by atoms with E-state index in [9.17, 15) is 0 Å². The fraction of sp³-hybridized carbons (Fsp3) is 0.538. The summed E-state index contributed by atoms with van der Waals surface area (Å²) in [6, 6.07) is 14.3. The molecular formula is C26H35NO2S2. The Kier molecular flexibility index (Phi) is 8.13. The molecule has 0 aliphatic carbocycles. The lowest BCUT2D eigenvalue weighted by Gasteiger charge is -2.37. The maximum atomic E-state index is 6.24. The SMILES string of the molecule is CCc1ccc2c(c1)CCC(CC)N2Sc1ccc(OCC2CCOCC2)c(SC)c1. The molecule has 2 aliphatic heterocycles. The minimum Gasteiger partial charge on any atom is -0.492 e. The van der Waals surface area contributed by atoms with Crippen LogP contribution in [0.4, 0.5) is 5.69 Å². The van der Waals surface area contributed by atoms with Gasteiger partial charge in [-0.25, -0.2) is 0 Å². The second-order valence-corrected chi connectivity index (χ2v) is 10.4. The molecule has 1 fully saturated rings. The molecule has 0 aromatic heterocycles. The van der Waals surface area contributed by atoms with E-state index in [0.717, 1.165) is 44.8 Å². The molecule has 2 aromatic carbocycles. The number of hydrogen-bond donors (Lipinski definition) is 0. The quantitative estimate of drug-likeness (QED) is 0.313. The van der Waals surface area contributed by atoms with Crippen molar-refractivity contribution in [1.29, 1.82) is 0 Å². The van der Waals surface area contributed by atoms with E-state index < -0.39 is 0 Å². The van der Waals surface area contributed by atoms with Gasteiger partial charge >= 0.3 is 0 Å². The van der Waals surface area contributed by atoms with Gasteiger partial charge in [0.25, 0.3) is 0 Å². The minimum absolute atomic E-state index is 0.576. The molecule has 2 aromatic rings. The minimum atomic E-state index is 0.576. The second kappa shape index (κ2) is 11.0. The van der Waals surface area contributed by atoms with Crippen LogP contribution in [0.15, 0.2) is 46.2 Å². The Morgan fingerprint density at radius 2 is 1.90 bits per heavy atom. The monoisotopic (exact) mass is 457 g/mol. The molecule has 2 heterocycles. The number of fused-ring (bicyclic) bond motifs is 1. The van der Waals surface area contributed by atoms with Crippen molar-refractivity contribution in [2.45, 2.75) is 68.2 Å². The molecule has 0 N–H and O–H groups in total. The zero-order valence-corrected chi connectivity index (χ0v) is 20.7. The van der Waals surface area contributed by atoms with Gasteiger partial charge in [-0.1, -0.05) is 26.0 Å². The number of benzene rings is 2. The average Bonchev–Trinajstić information content (AvgIpc) is 2.83. The third kappa shape index (κ3) is 5.55. The van der Waals surface area contributed by atoms with Crippen LogP contribution in [0, 0.1) is 5.92 Å². The molecule has 5 heteroatoms. The van der Waals surface area contributed by atoms with Crippen molar-refractivity contribution < 1.29 is 9.47 Å². The number of aryl methyl sites for hydroxylation is 2. The van der Waals surface area contributed by atoms with Gasteiger partial charge in [0, 0.05) is 24.2 Å². The lowest BCUT2D eigenvalue weighted by molar-refractivity contribution is 0.0493. The van der Waals surface area contributed by atoms with Crippen molar-refractivity contribution in [3.8, 4) is 5.75 Å². The van der Waals surface area contributed by atoms with E-state index in [4.69, 9.17) is 9.47 Å². The third-order valence-corrected chi connectivity index (χ3v) is 8.41. The maximum Gasteiger partial charge on any atom is 0.132 e. The molecule has 4 rings (SSSR count). The van der Waals surface area contributed by atoms with Gasteiger partial charge < -0.3 is 13.8 Å². The largest absolute Gasteiger partial charge is 0.492 e. The zero-order valence-electron chi connectivity index (χ0n) is 19.1. The maximum absolute atomic E-state index is 6.24. The first-order valence-corrected chi connectivity index (χ1v) is 13.7. The summed E-state index contributed by atoms with van der Waals surface area (Å²) < 4.78 is 14.3. The second-order valence-electron chi connectivity index (χ2n) is 8.51. The normalized spacial score (nSPS) is 19.3. The lowest BCUT2D eigenvalue weighted by atomic mass is 9.94. The average molecular weight is 458 g/mol. The molecular weight excluding hydrogens is 422 g/mol. The molecule has 0 bridgehead atoms. The molecule has 168 valence electrons. The summed E-state index contributed by atoms with van der Waals surface area (Å²) in [4.78, 5) is 2.51. The molecule has 31 heavy (non-hydrogen) atoms. The van der Waals surface area contributed by atoms with Crippen LogP contribution in [-0.4, -0.2) is 32.1 Å². The number of thioether (sulfide) groups is 1. The fourth-order valence-corrected chi connectivity index (χ4v) is 6.32. The van der Waals surface area contributed by atoms with E-state index in [2.05, 4.69) is 60.8 Å². The van der Waals surface area contributed by atoms with E-state index in [-0.39, 0.29) is 0 Å².